The van der Waals surface area contributed by atoms with Gasteiger partial charge in [-0.15, -0.1) is 0 Å². The van der Waals surface area contributed by atoms with Crippen molar-refractivity contribution in [2.45, 2.75) is 51.2 Å². The summed E-state index contributed by atoms with van der Waals surface area (Å²) in [5, 5.41) is 2.65. The van der Waals surface area contributed by atoms with Gasteiger partial charge in [-0.3, -0.25) is 9.69 Å². The maximum absolute atomic E-state index is 11.3. The van der Waals surface area contributed by atoms with Crippen LogP contribution in [0.3, 0.4) is 0 Å². The first-order valence-electron chi connectivity index (χ1n) is 9.93. The van der Waals surface area contributed by atoms with Gasteiger partial charge in [0.1, 0.15) is 0 Å². The Hall–Kier alpha value is -2.17. The van der Waals surface area contributed by atoms with Crippen LogP contribution >= 0.6 is 0 Å². The van der Waals surface area contributed by atoms with Crippen molar-refractivity contribution in [3.63, 3.8) is 0 Å². The number of nitrogens with two attached hydrogens (primary N) is 1. The molecule has 0 heterocycles. The zero-order valence-electron chi connectivity index (χ0n) is 16.4. The van der Waals surface area contributed by atoms with E-state index in [1.807, 2.05) is 0 Å². The van der Waals surface area contributed by atoms with Gasteiger partial charge in [-0.2, -0.15) is 0 Å². The molecule has 27 heavy (non-hydrogen) atoms. The van der Waals surface area contributed by atoms with Gasteiger partial charge in [0, 0.05) is 32.6 Å². The zero-order chi connectivity index (χ0) is 19.3. The molecule has 4 nitrogen and oxygen atoms in total. The minimum atomic E-state index is 0.0716. The third-order valence-electron chi connectivity index (χ3n) is 4.82. The Balaban J connectivity index is 1.78. The molecule has 3 N–H and O–H groups in total. The number of hydrogen-bond acceptors (Lipinski definition) is 3. The van der Waals surface area contributed by atoms with Crippen LogP contribution in [0.15, 0.2) is 60.7 Å². The molecule has 1 atom stereocenters. The summed E-state index contributed by atoms with van der Waals surface area (Å²) >= 11 is 0. The molecule has 0 saturated heterocycles. The molecule has 0 fully saturated rings. The number of carbonyl (C=O) groups excluding carboxylic acids is 1. The van der Waals surface area contributed by atoms with Gasteiger partial charge in [-0.1, -0.05) is 67.1 Å². The lowest BCUT2D eigenvalue weighted by molar-refractivity contribution is -0.120. The number of hydrogen-bond donors (Lipinski definition) is 2. The van der Waals surface area contributed by atoms with Gasteiger partial charge >= 0.3 is 0 Å². The Kier molecular flexibility index (Phi) is 9.60. The summed E-state index contributed by atoms with van der Waals surface area (Å²) in [6, 6.07) is 21.4. The van der Waals surface area contributed by atoms with E-state index < -0.39 is 0 Å². The molecule has 0 aromatic heterocycles. The summed E-state index contributed by atoms with van der Waals surface area (Å²) in [5.74, 6) is 0.0716. The quantitative estimate of drug-likeness (QED) is 0.562. The maximum Gasteiger partial charge on any atom is 0.219 e. The molecule has 0 spiro atoms. The Morgan fingerprint density at radius 3 is 2.00 bits per heavy atom. The van der Waals surface area contributed by atoms with Gasteiger partial charge in [-0.25, -0.2) is 0 Å². The summed E-state index contributed by atoms with van der Waals surface area (Å²) in [7, 11) is 1.67. The summed E-state index contributed by atoms with van der Waals surface area (Å²) in [6.07, 6.45) is 4.47. The molecule has 2 aromatic rings. The fourth-order valence-electron chi connectivity index (χ4n) is 3.23. The molecule has 0 aliphatic heterocycles. The second kappa shape index (κ2) is 12.3. The smallest absolute Gasteiger partial charge is 0.219 e. The molecular formula is C23H33N3O. The fourth-order valence-corrected chi connectivity index (χ4v) is 3.23. The lowest BCUT2D eigenvalue weighted by atomic mass is 10.0. The lowest BCUT2D eigenvalue weighted by Gasteiger charge is -2.23. The van der Waals surface area contributed by atoms with Crippen LogP contribution in [0.25, 0.3) is 0 Å². The molecule has 0 saturated carbocycles. The van der Waals surface area contributed by atoms with Gasteiger partial charge in [0.15, 0.2) is 0 Å². The van der Waals surface area contributed by atoms with Crippen molar-refractivity contribution in [3.8, 4) is 0 Å². The highest BCUT2D eigenvalue weighted by Gasteiger charge is 2.09. The number of amides is 1. The predicted molar refractivity (Wildman–Crippen MR) is 112 cm³/mol. The molecule has 0 aliphatic carbocycles. The highest BCUT2D eigenvalue weighted by Crippen LogP contribution is 2.12. The highest BCUT2D eigenvalue weighted by atomic mass is 16.1. The Morgan fingerprint density at radius 1 is 0.926 bits per heavy atom. The minimum absolute atomic E-state index is 0.0716. The van der Waals surface area contributed by atoms with Crippen LogP contribution < -0.4 is 11.1 Å². The van der Waals surface area contributed by atoms with E-state index >= 15 is 0 Å². The average Bonchev–Trinajstić information content (AvgIpc) is 2.70. The van der Waals surface area contributed by atoms with E-state index in [-0.39, 0.29) is 11.9 Å². The van der Waals surface area contributed by atoms with E-state index in [0.717, 1.165) is 45.3 Å². The van der Waals surface area contributed by atoms with Gasteiger partial charge in [0.05, 0.1) is 0 Å². The molecular weight excluding hydrogens is 334 g/mol. The SMILES string of the molecule is CNC(=O)CC[C@@H](N)CCCCN(Cc1ccccc1)Cc1ccccc1. The van der Waals surface area contributed by atoms with Gasteiger partial charge in [0.25, 0.3) is 0 Å². The van der Waals surface area contributed by atoms with E-state index in [0.29, 0.717) is 6.42 Å². The topological polar surface area (TPSA) is 58.4 Å². The molecule has 0 aliphatic rings. The van der Waals surface area contributed by atoms with Crippen LogP contribution in [0, 0.1) is 0 Å². The predicted octanol–water partition coefficient (Wildman–Crippen LogP) is 3.71. The molecule has 0 unspecified atom stereocenters. The number of carbonyl (C=O) groups is 1. The molecule has 4 heteroatoms. The average molecular weight is 368 g/mol. The van der Waals surface area contributed by atoms with E-state index in [1.165, 1.54) is 11.1 Å². The summed E-state index contributed by atoms with van der Waals surface area (Å²) in [5.41, 5.74) is 8.83. The fraction of sp³-hybridized carbons (Fsp3) is 0.435. The van der Waals surface area contributed by atoms with E-state index in [1.54, 1.807) is 7.05 Å². The van der Waals surface area contributed by atoms with Gasteiger partial charge in [-0.05, 0) is 36.9 Å². The first-order valence-corrected chi connectivity index (χ1v) is 9.93. The molecule has 1 amide bonds. The van der Waals surface area contributed by atoms with Crippen molar-refractivity contribution in [1.29, 1.82) is 0 Å². The molecule has 0 bridgehead atoms. The highest BCUT2D eigenvalue weighted by molar-refractivity contribution is 5.75. The first kappa shape index (κ1) is 21.1. The van der Waals surface area contributed by atoms with Crippen molar-refractivity contribution in [1.82, 2.24) is 10.2 Å². The molecule has 2 aromatic carbocycles. The maximum atomic E-state index is 11.3. The van der Waals surface area contributed by atoms with E-state index in [4.69, 9.17) is 5.73 Å². The zero-order valence-corrected chi connectivity index (χ0v) is 16.4. The summed E-state index contributed by atoms with van der Waals surface area (Å²) in [6.45, 7) is 2.96. The van der Waals surface area contributed by atoms with E-state index in [9.17, 15) is 4.79 Å². The third-order valence-corrected chi connectivity index (χ3v) is 4.82. The molecule has 146 valence electrons. The number of unbranched alkanes of at least 4 members (excludes halogenated alkanes) is 1. The van der Waals surface area contributed by atoms with Crippen molar-refractivity contribution in [2.75, 3.05) is 13.6 Å². The molecule has 2 rings (SSSR count). The van der Waals surface area contributed by atoms with Gasteiger partial charge in [0.2, 0.25) is 5.91 Å². The second-order valence-corrected chi connectivity index (χ2v) is 7.15. The largest absolute Gasteiger partial charge is 0.359 e. The van der Waals surface area contributed by atoms with Gasteiger partial charge < -0.3 is 11.1 Å². The van der Waals surface area contributed by atoms with Crippen molar-refractivity contribution >= 4 is 5.91 Å². The summed E-state index contributed by atoms with van der Waals surface area (Å²) < 4.78 is 0. The monoisotopic (exact) mass is 367 g/mol. The van der Waals surface area contributed by atoms with Crippen molar-refractivity contribution in [3.05, 3.63) is 71.8 Å². The third kappa shape index (κ3) is 8.85. The Bertz CT molecular complexity index is 604. The van der Waals surface area contributed by atoms with Crippen LogP contribution in [-0.4, -0.2) is 30.4 Å². The number of nitrogens with one attached hydrogen (secondary N) is 1. The Labute approximate surface area is 163 Å². The Morgan fingerprint density at radius 2 is 1.48 bits per heavy atom. The minimum Gasteiger partial charge on any atom is -0.359 e. The van der Waals surface area contributed by atoms with Crippen LogP contribution in [0.4, 0.5) is 0 Å². The van der Waals surface area contributed by atoms with E-state index in [2.05, 4.69) is 70.9 Å². The van der Waals surface area contributed by atoms with Crippen LogP contribution in [0.1, 0.15) is 43.2 Å². The standard InChI is InChI=1S/C23H33N3O/c1-25-23(27)16-15-22(24)14-8-9-17-26(18-20-10-4-2-5-11-20)19-21-12-6-3-7-13-21/h2-7,10-13,22H,8-9,14-19,24H2,1H3,(H,25,27)/t22-/m0/s1. The van der Waals surface area contributed by atoms with Crippen molar-refractivity contribution < 1.29 is 4.79 Å². The number of rotatable bonds is 12. The van der Waals surface area contributed by atoms with Crippen LogP contribution in [0.2, 0.25) is 0 Å². The second-order valence-electron chi connectivity index (χ2n) is 7.15. The molecule has 0 radical (unpaired) electrons. The van der Waals surface area contributed by atoms with Crippen LogP contribution in [-0.2, 0) is 17.9 Å². The number of nitrogens with zero attached hydrogens (tertiary/aromatic N) is 1. The lowest BCUT2D eigenvalue weighted by Crippen LogP contribution is -2.26. The van der Waals surface area contributed by atoms with Crippen molar-refractivity contribution in [2.24, 2.45) is 5.73 Å². The first-order chi connectivity index (χ1) is 13.2. The summed E-state index contributed by atoms with van der Waals surface area (Å²) in [4.78, 5) is 13.8. The number of benzene rings is 2. The van der Waals surface area contributed by atoms with Crippen LogP contribution in [0.5, 0.6) is 0 Å². The normalized spacial score (nSPS) is 12.1.